The van der Waals surface area contributed by atoms with Gasteiger partial charge in [0.05, 0.1) is 38.1 Å². The molecule has 12 N–H and O–H groups in total. The molecule has 4 heterocycles. The number of hydrogen-bond acceptors (Lipinski definition) is 20. The van der Waals surface area contributed by atoms with E-state index in [2.05, 4.69) is 5.32 Å². The molecule has 0 bridgehead atoms. The molecule has 23 nitrogen and oxygen atoms in total. The average Bonchev–Trinajstić information content (AvgIpc) is 3.32. The van der Waals surface area contributed by atoms with Crippen LogP contribution in [0.3, 0.4) is 0 Å². The van der Waals surface area contributed by atoms with Crippen molar-refractivity contribution < 1.29 is 98.6 Å². The van der Waals surface area contributed by atoms with Gasteiger partial charge in [-0.3, -0.25) is 4.79 Å². The summed E-state index contributed by atoms with van der Waals surface area (Å²) in [4.78, 5) is 28.4. The summed E-state index contributed by atoms with van der Waals surface area (Å²) in [6.45, 7) is -2.88. The molecule has 0 unspecified atom stereocenters. The van der Waals surface area contributed by atoms with E-state index in [-0.39, 0.29) is 24.3 Å². The van der Waals surface area contributed by atoms with Gasteiger partial charge in [0.25, 0.3) is 5.91 Å². The number of rotatable bonds is 15. The molecule has 1 aliphatic carbocycles. The van der Waals surface area contributed by atoms with Crippen LogP contribution in [0.2, 0.25) is 0 Å². The van der Waals surface area contributed by atoms with Crippen molar-refractivity contribution in [3.8, 4) is 22.5 Å². The first-order valence-electron chi connectivity index (χ1n) is 21.7. The Kier molecular flexibility index (Phi) is 16.1. The lowest BCUT2D eigenvalue weighted by molar-refractivity contribution is -0.365. The summed E-state index contributed by atoms with van der Waals surface area (Å²) in [5.41, 5.74) is 2.73. The van der Waals surface area contributed by atoms with E-state index in [1.54, 1.807) is 6.07 Å². The van der Waals surface area contributed by atoms with Gasteiger partial charge in [-0.05, 0) is 35.9 Å². The molecule has 4 aliphatic heterocycles. The third kappa shape index (κ3) is 10.4. The van der Waals surface area contributed by atoms with Gasteiger partial charge in [-0.25, -0.2) is 9.37 Å². The Morgan fingerprint density at radius 1 is 0.691 bits per heavy atom. The monoisotopic (exact) mass is 960 g/mol. The number of anilines is 1. The molecule has 2 aromatic rings. The van der Waals surface area contributed by atoms with Crippen LogP contribution in [0.1, 0.15) is 20.7 Å². The minimum absolute atomic E-state index is 0.0133. The average molecular weight is 961 g/mol. The maximum absolute atomic E-state index is 13.6. The Bertz CT molecular complexity index is 2440. The van der Waals surface area contributed by atoms with Gasteiger partial charge in [0, 0.05) is 60.5 Å². The molecule has 7 rings (SSSR count). The zero-order valence-corrected chi connectivity index (χ0v) is 37.4. The van der Waals surface area contributed by atoms with Crippen LogP contribution < -0.4 is 20.1 Å². The SMILES string of the molecule is CN(C)c1ccc2c(-c3ccc(C(=O)NCCO[C@H]4O[C@H](CO[C@H]5O[C@H](CO)[C@@H](O)[C@H](O)[C@@H]5O)[C@@H](O)[C@H](O[C@H]5O[C@H](CO)[C@@H](O)[C@H](O)[C@@H]5O)[C@@H]4O)cc3C(=O)O)c3ccc(=[N+](C)C)cc-3oc2c1. The molecule has 5 aliphatic rings. The Morgan fingerprint density at radius 3 is 1.94 bits per heavy atom. The van der Waals surface area contributed by atoms with Crippen LogP contribution in [-0.4, -0.2) is 221 Å². The highest BCUT2D eigenvalue weighted by molar-refractivity contribution is 6.09. The predicted octanol–water partition coefficient (Wildman–Crippen LogP) is -3.80. The third-order valence-electron chi connectivity index (χ3n) is 12.2. The van der Waals surface area contributed by atoms with Gasteiger partial charge in [-0.1, -0.05) is 6.07 Å². The number of amides is 1. The van der Waals surface area contributed by atoms with Crippen LogP contribution in [0.15, 0.2) is 59.0 Å². The number of carbonyl (C=O) groups is 2. The summed E-state index contributed by atoms with van der Waals surface area (Å²) < 4.78 is 41.9. The fourth-order valence-corrected chi connectivity index (χ4v) is 8.30. The van der Waals surface area contributed by atoms with E-state index >= 15 is 0 Å². The molecule has 15 atom stereocenters. The number of carbonyl (C=O) groups excluding carboxylic acids is 1. The maximum Gasteiger partial charge on any atom is 0.336 e. The lowest BCUT2D eigenvalue weighted by atomic mass is 9.89. The second-order valence-electron chi connectivity index (χ2n) is 17.2. The Hall–Kier alpha value is -4.77. The normalized spacial score (nSPS) is 32.0. The summed E-state index contributed by atoms with van der Waals surface area (Å²) in [6, 6.07) is 15.4. The van der Waals surface area contributed by atoms with Crippen LogP contribution in [0.25, 0.3) is 33.4 Å². The van der Waals surface area contributed by atoms with Crippen molar-refractivity contribution in [3.05, 3.63) is 71.1 Å². The van der Waals surface area contributed by atoms with Crippen molar-refractivity contribution in [1.82, 2.24) is 9.89 Å². The van der Waals surface area contributed by atoms with Gasteiger partial charge in [0.2, 0.25) is 5.36 Å². The van der Waals surface area contributed by atoms with Crippen molar-refractivity contribution >= 4 is 28.5 Å². The first-order chi connectivity index (χ1) is 32.3. The largest absolute Gasteiger partial charge is 0.478 e. The highest BCUT2D eigenvalue weighted by atomic mass is 16.7. The molecule has 372 valence electrons. The summed E-state index contributed by atoms with van der Waals surface area (Å²) >= 11 is 0. The zero-order valence-electron chi connectivity index (χ0n) is 37.4. The molecule has 1 amide bonds. The van der Waals surface area contributed by atoms with Gasteiger partial charge < -0.3 is 99.2 Å². The molecule has 3 fully saturated rings. The van der Waals surface area contributed by atoms with Gasteiger partial charge in [0.15, 0.2) is 18.9 Å². The topological polar surface area (TPSA) is 343 Å². The summed E-state index contributed by atoms with van der Waals surface area (Å²) in [5.74, 6) is -1.48. The smallest absolute Gasteiger partial charge is 0.336 e. The maximum atomic E-state index is 13.6. The molecule has 0 radical (unpaired) electrons. The van der Waals surface area contributed by atoms with Crippen molar-refractivity contribution in [3.63, 3.8) is 0 Å². The molecular formula is C45H58N3O20+. The number of ether oxygens (including phenoxy) is 6. The van der Waals surface area contributed by atoms with Gasteiger partial charge in [-0.2, -0.15) is 0 Å². The van der Waals surface area contributed by atoms with E-state index in [4.69, 9.17) is 32.8 Å². The van der Waals surface area contributed by atoms with E-state index in [1.165, 1.54) is 12.1 Å². The Labute approximate surface area is 388 Å². The lowest BCUT2D eigenvalue weighted by Crippen LogP contribution is -2.65. The third-order valence-corrected chi connectivity index (χ3v) is 12.2. The molecule has 0 aromatic heterocycles. The van der Waals surface area contributed by atoms with E-state index in [0.717, 1.165) is 11.0 Å². The van der Waals surface area contributed by atoms with Crippen molar-refractivity contribution in [1.29, 1.82) is 0 Å². The number of nitrogens with one attached hydrogen (secondary N) is 1. The van der Waals surface area contributed by atoms with Crippen LogP contribution >= 0.6 is 0 Å². The fraction of sp³-hybridized carbons (Fsp3) is 0.533. The molecular weight excluding hydrogens is 902 g/mol. The highest BCUT2D eigenvalue weighted by Gasteiger charge is 2.52. The van der Waals surface area contributed by atoms with Crippen LogP contribution in [0.5, 0.6) is 0 Å². The number of benzene rings is 3. The fourth-order valence-electron chi connectivity index (χ4n) is 8.30. The van der Waals surface area contributed by atoms with Crippen molar-refractivity contribution in [2.45, 2.75) is 92.1 Å². The standard InChI is InChI=1S/C45H57N3O20/c1-47(2)20-6-9-23-26(14-20)64-27-15-21(48(3)4)7-10-24(27)31(23)22-8-5-19(13-25(22)42(60)61)41(59)46-11-12-62-44-39(58)40(68-45-38(57)36(55)33(52)29(17-50)66-45)34(53)30(67-44)18-63-43-37(56)35(54)32(51)28(16-49)65-43/h5-10,13-15,28-30,32-40,43-45,49-58H,11-12,16-18H2,1-4H3,(H-,46,59,60,61)/p+1/t28-,29-,30-,32-,33-,34-,35+,36+,37+,38+,39+,40+,43+,44+,45-/m1/s1. The summed E-state index contributed by atoms with van der Waals surface area (Å²) in [7, 11) is 7.54. The second-order valence-corrected chi connectivity index (χ2v) is 17.2. The second kappa shape index (κ2) is 21.5. The number of aliphatic hydroxyl groups excluding tert-OH is 10. The molecule has 0 saturated carbocycles. The van der Waals surface area contributed by atoms with Gasteiger partial charge >= 0.3 is 5.97 Å². The highest BCUT2D eigenvalue weighted by Crippen LogP contribution is 2.42. The van der Waals surface area contributed by atoms with Crippen molar-refractivity contribution in [2.24, 2.45) is 0 Å². The molecule has 0 spiro atoms. The first-order valence-corrected chi connectivity index (χ1v) is 21.7. The summed E-state index contributed by atoms with van der Waals surface area (Å²) in [5, 5.41) is 119. The molecule has 3 saturated heterocycles. The van der Waals surface area contributed by atoms with E-state index in [0.29, 0.717) is 33.4 Å². The molecule has 23 heteroatoms. The number of carboxylic acids is 1. The minimum atomic E-state index is -1.95. The predicted molar refractivity (Wildman–Crippen MR) is 234 cm³/mol. The Morgan fingerprint density at radius 2 is 1.31 bits per heavy atom. The zero-order chi connectivity index (χ0) is 49.3. The minimum Gasteiger partial charge on any atom is -0.478 e. The van der Waals surface area contributed by atoms with E-state index in [9.17, 15) is 65.8 Å². The molecule has 68 heavy (non-hydrogen) atoms. The van der Waals surface area contributed by atoms with Crippen molar-refractivity contribution in [2.75, 3.05) is 66.1 Å². The quantitative estimate of drug-likeness (QED) is 0.0309. The van der Waals surface area contributed by atoms with E-state index in [1.807, 2.05) is 74.1 Å². The van der Waals surface area contributed by atoms with Gasteiger partial charge in [-0.15, -0.1) is 0 Å². The number of fused-ring (bicyclic) bond motifs is 2. The lowest BCUT2D eigenvalue weighted by Gasteiger charge is -2.46. The van der Waals surface area contributed by atoms with E-state index < -0.39 is 124 Å². The summed E-state index contributed by atoms with van der Waals surface area (Å²) in [6.07, 6.45) is -25.9. The number of aliphatic hydroxyl groups is 10. The van der Waals surface area contributed by atoms with Crippen LogP contribution in [0, 0.1) is 0 Å². The Balaban J connectivity index is 1.08. The number of aromatic carboxylic acids is 1. The number of carboxylic acid groups (broad SMARTS) is 1. The number of hydrogen-bond donors (Lipinski definition) is 12. The van der Waals surface area contributed by atoms with Crippen LogP contribution in [-0.2, 0) is 28.4 Å². The van der Waals surface area contributed by atoms with Gasteiger partial charge in [0.1, 0.15) is 98.7 Å². The number of nitrogens with zero attached hydrogens (tertiary/aromatic N) is 2. The molecule has 2 aromatic carbocycles. The van der Waals surface area contributed by atoms with Crippen LogP contribution in [0.4, 0.5) is 5.69 Å². The first kappa shape index (κ1) is 51.1.